The SMILES string of the molecule is COC(=O)[C@]12C[C@H](CC(=O)NCCc3ccccc3OC)C(=O)N(CCc3ccc(OC)c(OC)c3)C1=C[C@H](C(C)C)O[C@@H]2C1CC1. The van der Waals surface area contributed by atoms with E-state index in [0.29, 0.717) is 43.1 Å². The molecule has 0 unspecified atom stereocenters. The second-order valence-corrected chi connectivity index (χ2v) is 13.1. The highest BCUT2D eigenvalue weighted by Crippen LogP contribution is 2.56. The summed E-state index contributed by atoms with van der Waals surface area (Å²) in [7, 11) is 6.18. The fraction of sp³-hybridized carbons (Fsp3) is 0.541. The zero-order valence-electron chi connectivity index (χ0n) is 28.4. The Morgan fingerprint density at radius 2 is 1.70 bits per heavy atom. The van der Waals surface area contributed by atoms with E-state index >= 15 is 0 Å². The minimum absolute atomic E-state index is 0.0470. The Kier molecular flexibility index (Phi) is 10.8. The molecule has 254 valence electrons. The summed E-state index contributed by atoms with van der Waals surface area (Å²) in [6.45, 7) is 4.86. The molecular formula is C37H48N2O8. The normalized spacial score (nSPS) is 23.9. The van der Waals surface area contributed by atoms with Crippen molar-refractivity contribution in [2.45, 2.75) is 64.6 Å². The molecule has 0 radical (unpaired) electrons. The third kappa shape index (κ3) is 7.12. The molecular weight excluding hydrogens is 600 g/mol. The molecule has 1 saturated heterocycles. The van der Waals surface area contributed by atoms with Crippen LogP contribution in [0.4, 0.5) is 0 Å². The van der Waals surface area contributed by atoms with Gasteiger partial charge in [0.25, 0.3) is 0 Å². The van der Waals surface area contributed by atoms with Crippen molar-refractivity contribution < 1.29 is 38.1 Å². The van der Waals surface area contributed by atoms with Gasteiger partial charge in [-0.25, -0.2) is 0 Å². The van der Waals surface area contributed by atoms with Gasteiger partial charge >= 0.3 is 5.97 Å². The Labute approximate surface area is 277 Å². The number of hydrogen-bond acceptors (Lipinski definition) is 8. The molecule has 2 fully saturated rings. The van der Waals surface area contributed by atoms with Crippen molar-refractivity contribution in [1.29, 1.82) is 0 Å². The monoisotopic (exact) mass is 648 g/mol. The van der Waals surface area contributed by atoms with Crippen LogP contribution in [0.1, 0.15) is 50.7 Å². The van der Waals surface area contributed by atoms with Crippen molar-refractivity contribution in [2.24, 2.45) is 23.2 Å². The first-order valence-corrected chi connectivity index (χ1v) is 16.5. The Hall–Kier alpha value is -4.05. The summed E-state index contributed by atoms with van der Waals surface area (Å²) >= 11 is 0. The van der Waals surface area contributed by atoms with Crippen LogP contribution in [0.25, 0.3) is 0 Å². The number of amides is 2. The number of rotatable bonds is 14. The first-order valence-electron chi connectivity index (χ1n) is 16.5. The number of nitrogens with one attached hydrogen (secondary N) is 1. The number of nitrogens with zero attached hydrogens (tertiary/aromatic N) is 1. The first kappa shape index (κ1) is 34.3. The van der Waals surface area contributed by atoms with Crippen molar-refractivity contribution in [3.63, 3.8) is 0 Å². The summed E-state index contributed by atoms with van der Waals surface area (Å²) < 4.78 is 28.6. The van der Waals surface area contributed by atoms with Crippen LogP contribution < -0.4 is 19.5 Å². The van der Waals surface area contributed by atoms with E-state index in [-0.39, 0.29) is 42.6 Å². The molecule has 3 aliphatic rings. The van der Waals surface area contributed by atoms with Gasteiger partial charge in [-0.2, -0.15) is 0 Å². The van der Waals surface area contributed by atoms with Crippen molar-refractivity contribution in [1.82, 2.24) is 10.2 Å². The van der Waals surface area contributed by atoms with E-state index in [4.69, 9.17) is 23.7 Å². The number of ether oxygens (including phenoxy) is 5. The van der Waals surface area contributed by atoms with E-state index in [1.54, 1.807) is 26.2 Å². The smallest absolute Gasteiger partial charge is 0.320 e. The van der Waals surface area contributed by atoms with Crippen molar-refractivity contribution in [2.75, 3.05) is 41.5 Å². The quantitative estimate of drug-likeness (QED) is 0.293. The summed E-state index contributed by atoms with van der Waals surface area (Å²) in [6.07, 6.45) is 4.31. The van der Waals surface area contributed by atoms with Gasteiger partial charge in [0.05, 0.1) is 40.6 Å². The highest BCUT2D eigenvalue weighted by molar-refractivity contribution is 5.93. The molecule has 0 aromatic heterocycles. The van der Waals surface area contributed by atoms with E-state index in [1.165, 1.54) is 7.11 Å². The van der Waals surface area contributed by atoms with E-state index < -0.39 is 23.4 Å². The van der Waals surface area contributed by atoms with Crippen LogP contribution in [0.15, 0.2) is 54.2 Å². The van der Waals surface area contributed by atoms with Crippen molar-refractivity contribution in [3.05, 3.63) is 65.4 Å². The van der Waals surface area contributed by atoms with E-state index in [9.17, 15) is 14.4 Å². The number of carbonyl (C=O) groups excluding carboxylic acids is 3. The van der Waals surface area contributed by atoms with Crippen LogP contribution in [-0.2, 0) is 36.7 Å². The molecule has 5 rings (SSSR count). The molecule has 1 saturated carbocycles. The van der Waals surface area contributed by atoms with Gasteiger partial charge < -0.3 is 33.9 Å². The maximum Gasteiger partial charge on any atom is 0.320 e. The van der Waals surface area contributed by atoms with Crippen molar-refractivity contribution in [3.8, 4) is 17.2 Å². The standard InChI is InChI=1S/C37H48N2O8/c1-23(2)30-21-32-37(36(42)46-6,34(47-30)26-12-13-26)22-27(20-33(40)38-17-15-25-9-7-8-10-28(25)43-3)35(41)39(32)18-16-24-11-14-29(44-4)31(19-24)45-5/h7-11,14,19,21,23,26-27,30,34H,12-13,15-18,20,22H2,1-6H3,(H,38,40)/t27-,30+,34+,37+/m0/s1. The second-order valence-electron chi connectivity index (χ2n) is 13.1. The van der Waals surface area contributed by atoms with Crippen LogP contribution in [-0.4, -0.2) is 76.4 Å². The van der Waals surface area contributed by atoms with Gasteiger partial charge in [-0.1, -0.05) is 38.1 Å². The van der Waals surface area contributed by atoms with E-state index in [0.717, 1.165) is 29.7 Å². The summed E-state index contributed by atoms with van der Waals surface area (Å²) in [6, 6.07) is 13.4. The largest absolute Gasteiger partial charge is 0.496 e. The highest BCUT2D eigenvalue weighted by atomic mass is 16.5. The van der Waals surface area contributed by atoms with Crippen molar-refractivity contribution >= 4 is 17.8 Å². The molecule has 2 aliphatic heterocycles. The fourth-order valence-electron chi connectivity index (χ4n) is 7.10. The van der Waals surface area contributed by atoms with E-state index in [1.807, 2.05) is 48.5 Å². The molecule has 2 amide bonds. The summed E-state index contributed by atoms with van der Waals surface area (Å²) in [5.74, 6) is 0.712. The first-order chi connectivity index (χ1) is 22.7. The number of hydrogen-bond donors (Lipinski definition) is 1. The third-order valence-electron chi connectivity index (χ3n) is 9.71. The lowest BCUT2D eigenvalue weighted by atomic mass is 9.64. The zero-order valence-corrected chi connectivity index (χ0v) is 28.4. The average molecular weight is 649 g/mol. The minimum atomic E-state index is -1.20. The predicted molar refractivity (Wildman–Crippen MR) is 176 cm³/mol. The van der Waals surface area contributed by atoms with Gasteiger partial charge in [0, 0.05) is 31.1 Å². The second kappa shape index (κ2) is 14.8. The van der Waals surface area contributed by atoms with Crippen LogP contribution in [0.3, 0.4) is 0 Å². The lowest BCUT2D eigenvalue weighted by molar-refractivity contribution is -0.182. The van der Waals surface area contributed by atoms with Gasteiger partial charge in [0.15, 0.2) is 11.5 Å². The number of fused-ring (bicyclic) bond motifs is 1. The molecule has 1 aliphatic carbocycles. The minimum Gasteiger partial charge on any atom is -0.496 e. The van der Waals surface area contributed by atoms with Gasteiger partial charge in [-0.3, -0.25) is 14.4 Å². The molecule has 10 nitrogen and oxygen atoms in total. The maximum absolute atomic E-state index is 14.4. The fourth-order valence-corrected chi connectivity index (χ4v) is 7.10. The van der Waals surface area contributed by atoms with Gasteiger partial charge in [0.2, 0.25) is 11.8 Å². The maximum atomic E-state index is 14.4. The Bertz CT molecular complexity index is 1480. The van der Waals surface area contributed by atoms with Crippen LogP contribution in [0, 0.1) is 23.2 Å². The Balaban J connectivity index is 1.44. The zero-order chi connectivity index (χ0) is 33.7. The Morgan fingerprint density at radius 1 is 0.979 bits per heavy atom. The molecule has 2 aromatic rings. The summed E-state index contributed by atoms with van der Waals surface area (Å²) in [4.78, 5) is 43.6. The number of benzene rings is 2. The van der Waals surface area contributed by atoms with Gasteiger partial charge in [-0.05, 0) is 79.3 Å². The number of esters is 1. The number of carbonyl (C=O) groups is 3. The van der Waals surface area contributed by atoms with Crippen LogP contribution in [0.2, 0.25) is 0 Å². The number of methoxy groups -OCH3 is 4. The predicted octanol–water partition coefficient (Wildman–Crippen LogP) is 4.73. The topological polar surface area (TPSA) is 113 Å². The highest BCUT2D eigenvalue weighted by Gasteiger charge is 2.63. The average Bonchev–Trinajstić information content (AvgIpc) is 3.93. The molecule has 0 bridgehead atoms. The van der Waals surface area contributed by atoms with Crippen LogP contribution >= 0.6 is 0 Å². The lowest BCUT2D eigenvalue weighted by Crippen LogP contribution is -2.62. The third-order valence-corrected chi connectivity index (χ3v) is 9.71. The molecule has 4 atom stereocenters. The summed E-state index contributed by atoms with van der Waals surface area (Å²) in [5, 5.41) is 2.99. The molecule has 2 heterocycles. The molecule has 2 aromatic carbocycles. The number of para-hydroxylation sites is 1. The molecule has 10 heteroatoms. The molecule has 0 spiro atoms. The lowest BCUT2D eigenvalue weighted by Gasteiger charge is -2.53. The Morgan fingerprint density at radius 3 is 2.36 bits per heavy atom. The van der Waals surface area contributed by atoms with Gasteiger partial charge in [-0.15, -0.1) is 0 Å². The van der Waals surface area contributed by atoms with Crippen LogP contribution in [0.5, 0.6) is 17.2 Å². The number of likely N-dealkylation sites (tertiary alicyclic amines) is 1. The summed E-state index contributed by atoms with van der Waals surface area (Å²) in [5.41, 5.74) is 1.37. The molecule has 1 N–H and O–H groups in total. The molecule has 47 heavy (non-hydrogen) atoms. The number of piperidine rings is 1. The van der Waals surface area contributed by atoms with E-state index in [2.05, 4.69) is 19.2 Å². The van der Waals surface area contributed by atoms with Gasteiger partial charge in [0.1, 0.15) is 11.2 Å².